The first-order valence-corrected chi connectivity index (χ1v) is 8.92. The minimum absolute atomic E-state index is 0. The third kappa shape index (κ3) is 1.81. The van der Waals surface area contributed by atoms with E-state index in [0.29, 0.717) is 5.41 Å². The van der Waals surface area contributed by atoms with Crippen LogP contribution >= 0.6 is 0 Å². The second-order valence-corrected chi connectivity index (χ2v) is 7.96. The third-order valence-electron chi connectivity index (χ3n) is 7.04. The number of fused-ring (bicyclic) bond motifs is 4. The van der Waals surface area contributed by atoms with Gasteiger partial charge in [0.05, 0.1) is 0 Å². The molecule has 4 aliphatic rings. The molecule has 0 radical (unpaired) electrons. The quantitative estimate of drug-likeness (QED) is 0.842. The van der Waals surface area contributed by atoms with Gasteiger partial charge in [-0.15, -0.1) is 0 Å². The monoisotopic (exact) mass is 284 g/mol. The van der Waals surface area contributed by atoms with Crippen LogP contribution in [0.4, 0.5) is 5.69 Å². The van der Waals surface area contributed by atoms with E-state index in [-0.39, 0.29) is 1.43 Å². The lowest BCUT2D eigenvalue weighted by atomic mass is 9.73. The first-order valence-electron chi connectivity index (χ1n) is 8.92. The largest absolute Gasteiger partial charge is 0.384 e. The molecule has 1 aromatic rings. The van der Waals surface area contributed by atoms with Crippen LogP contribution in [0.5, 0.6) is 0 Å². The van der Waals surface area contributed by atoms with Gasteiger partial charge in [0.1, 0.15) is 0 Å². The Kier molecular flexibility index (Phi) is 2.67. The molecular weight excluding hydrogens is 256 g/mol. The molecular formula is C19H28N2. The van der Waals surface area contributed by atoms with E-state index in [1.165, 1.54) is 57.3 Å². The van der Waals surface area contributed by atoms with Crippen molar-refractivity contribution in [2.45, 2.75) is 50.0 Å². The maximum absolute atomic E-state index is 3.65. The molecule has 2 heterocycles. The van der Waals surface area contributed by atoms with Crippen LogP contribution in [0.15, 0.2) is 24.3 Å². The van der Waals surface area contributed by atoms with Crippen molar-refractivity contribution >= 4 is 5.69 Å². The van der Waals surface area contributed by atoms with Crippen molar-refractivity contribution in [1.82, 2.24) is 4.90 Å². The van der Waals surface area contributed by atoms with E-state index in [0.717, 1.165) is 24.4 Å². The number of para-hydroxylation sites is 1. The second-order valence-electron chi connectivity index (χ2n) is 7.96. The normalized spacial score (nSPS) is 36.9. The molecule has 2 aliphatic heterocycles. The van der Waals surface area contributed by atoms with Crippen LogP contribution in [-0.2, 0) is 5.41 Å². The van der Waals surface area contributed by atoms with Crippen LogP contribution in [0.3, 0.4) is 0 Å². The van der Waals surface area contributed by atoms with E-state index in [1.807, 2.05) is 0 Å². The van der Waals surface area contributed by atoms with E-state index < -0.39 is 0 Å². The summed E-state index contributed by atoms with van der Waals surface area (Å²) in [6.45, 7) is 3.81. The number of benzene rings is 1. The van der Waals surface area contributed by atoms with Gasteiger partial charge in [0.15, 0.2) is 0 Å². The molecule has 2 saturated carbocycles. The summed E-state index contributed by atoms with van der Waals surface area (Å²) in [6, 6.07) is 9.94. The molecule has 3 atom stereocenters. The van der Waals surface area contributed by atoms with Crippen molar-refractivity contribution in [3.63, 3.8) is 0 Å². The van der Waals surface area contributed by atoms with Crippen molar-refractivity contribution < 1.29 is 1.43 Å². The minimum Gasteiger partial charge on any atom is -0.384 e. The molecule has 2 heteroatoms. The Bertz CT molecular complexity index is 550. The molecule has 3 unspecified atom stereocenters. The topological polar surface area (TPSA) is 15.3 Å². The van der Waals surface area contributed by atoms with Crippen LogP contribution in [-0.4, -0.2) is 30.6 Å². The highest BCUT2D eigenvalue weighted by Crippen LogP contribution is 2.49. The molecule has 1 N–H and O–H groups in total. The molecule has 1 saturated heterocycles. The number of anilines is 1. The van der Waals surface area contributed by atoms with Crippen LogP contribution in [0.2, 0.25) is 0 Å². The summed E-state index contributed by atoms with van der Waals surface area (Å²) in [5.41, 5.74) is 3.42. The molecule has 2 nitrogen and oxygen atoms in total. The highest BCUT2D eigenvalue weighted by atomic mass is 15.2. The SMILES string of the molecule is [HH].c1ccc2c(c1)NCC21CCN(C2CC3CCC2C3)CC1. The number of nitrogens with zero attached hydrogens (tertiary/aromatic N) is 1. The first-order chi connectivity index (χ1) is 10.3. The molecule has 1 aromatic carbocycles. The maximum atomic E-state index is 3.65. The predicted molar refractivity (Wildman–Crippen MR) is 88.8 cm³/mol. The molecule has 3 fully saturated rings. The van der Waals surface area contributed by atoms with Crippen LogP contribution in [0.25, 0.3) is 0 Å². The maximum Gasteiger partial charge on any atom is 0.0379 e. The average molecular weight is 284 g/mol. The lowest BCUT2D eigenvalue weighted by molar-refractivity contribution is 0.0887. The fraction of sp³-hybridized carbons (Fsp3) is 0.684. The predicted octanol–water partition coefficient (Wildman–Crippen LogP) is 3.88. The van der Waals surface area contributed by atoms with Gasteiger partial charge in [-0.3, -0.25) is 0 Å². The number of hydrogen-bond acceptors (Lipinski definition) is 2. The highest BCUT2D eigenvalue weighted by molar-refractivity contribution is 5.60. The van der Waals surface area contributed by atoms with Crippen molar-refractivity contribution in [2.75, 3.05) is 25.0 Å². The molecule has 21 heavy (non-hydrogen) atoms. The molecule has 114 valence electrons. The Balaban J connectivity index is 0.00000125. The van der Waals surface area contributed by atoms with E-state index in [9.17, 15) is 0 Å². The van der Waals surface area contributed by atoms with E-state index in [4.69, 9.17) is 0 Å². The zero-order valence-corrected chi connectivity index (χ0v) is 12.9. The number of nitrogens with one attached hydrogen (secondary N) is 1. The average Bonchev–Trinajstić information content (AvgIpc) is 3.24. The Morgan fingerprint density at radius 3 is 2.71 bits per heavy atom. The second kappa shape index (κ2) is 4.49. The summed E-state index contributed by atoms with van der Waals surface area (Å²) in [5.74, 6) is 2.11. The summed E-state index contributed by atoms with van der Waals surface area (Å²) >= 11 is 0. The lowest BCUT2D eigenvalue weighted by Gasteiger charge is -2.44. The van der Waals surface area contributed by atoms with Gasteiger partial charge in [-0.1, -0.05) is 24.6 Å². The number of likely N-dealkylation sites (tertiary alicyclic amines) is 1. The first kappa shape index (κ1) is 12.5. The molecule has 2 aliphatic carbocycles. The van der Waals surface area contributed by atoms with Gasteiger partial charge < -0.3 is 10.2 Å². The smallest absolute Gasteiger partial charge is 0.0379 e. The summed E-state index contributed by atoms with van der Waals surface area (Å²) in [6.07, 6.45) is 8.79. The Hall–Kier alpha value is -1.02. The van der Waals surface area contributed by atoms with E-state index >= 15 is 0 Å². The van der Waals surface area contributed by atoms with Gasteiger partial charge in [0.25, 0.3) is 0 Å². The van der Waals surface area contributed by atoms with Crippen LogP contribution in [0, 0.1) is 11.8 Å². The van der Waals surface area contributed by atoms with Gasteiger partial charge in [-0.2, -0.15) is 0 Å². The molecule has 1 spiro atoms. The fourth-order valence-corrected chi connectivity index (χ4v) is 5.85. The summed E-state index contributed by atoms with van der Waals surface area (Å²) in [5, 5.41) is 3.65. The van der Waals surface area contributed by atoms with Crippen molar-refractivity contribution in [3.8, 4) is 0 Å². The van der Waals surface area contributed by atoms with E-state index in [2.05, 4.69) is 34.5 Å². The van der Waals surface area contributed by atoms with Gasteiger partial charge in [0, 0.05) is 25.1 Å². The summed E-state index contributed by atoms with van der Waals surface area (Å²) < 4.78 is 0. The zero-order valence-electron chi connectivity index (χ0n) is 12.9. The van der Waals surface area contributed by atoms with Crippen LogP contribution < -0.4 is 5.32 Å². The standard InChI is InChI=1S/C19H26N2.H2/c1-2-4-17-16(3-1)19(13-20-17)7-9-21(10-8-19)18-12-14-5-6-15(18)11-14;/h1-4,14-15,18,20H,5-13H2;1H. The molecule has 5 rings (SSSR count). The lowest BCUT2D eigenvalue weighted by Crippen LogP contribution is -2.49. The van der Waals surface area contributed by atoms with Crippen molar-refractivity contribution in [2.24, 2.45) is 11.8 Å². The van der Waals surface area contributed by atoms with Gasteiger partial charge in [0.2, 0.25) is 0 Å². The van der Waals surface area contributed by atoms with Gasteiger partial charge in [-0.05, 0) is 68.7 Å². The summed E-state index contributed by atoms with van der Waals surface area (Å²) in [7, 11) is 0. The van der Waals surface area contributed by atoms with Gasteiger partial charge in [-0.25, -0.2) is 0 Å². The summed E-state index contributed by atoms with van der Waals surface area (Å²) in [4.78, 5) is 2.86. The van der Waals surface area contributed by atoms with Crippen molar-refractivity contribution in [1.29, 1.82) is 0 Å². The molecule has 0 aromatic heterocycles. The third-order valence-corrected chi connectivity index (χ3v) is 7.04. The number of rotatable bonds is 1. The van der Waals surface area contributed by atoms with Gasteiger partial charge >= 0.3 is 0 Å². The Morgan fingerprint density at radius 2 is 1.95 bits per heavy atom. The van der Waals surface area contributed by atoms with E-state index in [1.54, 1.807) is 5.56 Å². The molecule has 0 amide bonds. The Morgan fingerprint density at radius 1 is 1.10 bits per heavy atom. The number of piperidine rings is 1. The highest BCUT2D eigenvalue weighted by Gasteiger charge is 2.46. The Labute approximate surface area is 129 Å². The van der Waals surface area contributed by atoms with Crippen LogP contribution in [0.1, 0.15) is 45.5 Å². The van der Waals surface area contributed by atoms with Crippen molar-refractivity contribution in [3.05, 3.63) is 29.8 Å². The zero-order chi connectivity index (χ0) is 13.9. The molecule has 2 bridgehead atoms. The number of hydrogen-bond donors (Lipinski definition) is 1. The minimum atomic E-state index is 0. The fourth-order valence-electron chi connectivity index (χ4n) is 5.85.